The van der Waals surface area contributed by atoms with Gasteiger partial charge in [-0.3, -0.25) is 4.79 Å². The highest BCUT2D eigenvalue weighted by Crippen LogP contribution is 2.30. The SMILES string of the molecule is CSCC[C@H](N)C(=O)NCCC1CCCC(C)C1. The fraction of sp³-hybridized carbons (Fsp3) is 0.929. The van der Waals surface area contributed by atoms with Crippen molar-refractivity contribution in [1.82, 2.24) is 5.32 Å². The van der Waals surface area contributed by atoms with Gasteiger partial charge in [0, 0.05) is 6.54 Å². The van der Waals surface area contributed by atoms with Crippen molar-refractivity contribution in [2.24, 2.45) is 17.6 Å². The minimum Gasteiger partial charge on any atom is -0.355 e. The molecule has 1 aliphatic rings. The molecule has 2 unspecified atom stereocenters. The average Bonchev–Trinajstić information content (AvgIpc) is 2.35. The first-order valence-corrected chi connectivity index (χ1v) is 8.55. The number of carbonyl (C=O) groups is 1. The third-order valence-corrected chi connectivity index (χ3v) is 4.51. The molecule has 18 heavy (non-hydrogen) atoms. The lowest BCUT2D eigenvalue weighted by molar-refractivity contribution is -0.122. The van der Waals surface area contributed by atoms with Crippen LogP contribution in [0.25, 0.3) is 0 Å². The van der Waals surface area contributed by atoms with Gasteiger partial charge in [0.1, 0.15) is 0 Å². The molecular formula is C14H28N2OS. The molecule has 3 nitrogen and oxygen atoms in total. The summed E-state index contributed by atoms with van der Waals surface area (Å²) in [5.74, 6) is 2.64. The monoisotopic (exact) mass is 272 g/mol. The third-order valence-electron chi connectivity index (χ3n) is 3.87. The molecule has 0 bridgehead atoms. The highest BCUT2D eigenvalue weighted by molar-refractivity contribution is 7.98. The number of carbonyl (C=O) groups excluding carboxylic acids is 1. The molecular weight excluding hydrogens is 244 g/mol. The van der Waals surface area contributed by atoms with E-state index < -0.39 is 0 Å². The lowest BCUT2D eigenvalue weighted by Gasteiger charge is -2.26. The second-order valence-corrected chi connectivity index (χ2v) is 6.59. The summed E-state index contributed by atoms with van der Waals surface area (Å²) in [5, 5.41) is 2.98. The lowest BCUT2D eigenvalue weighted by atomic mass is 9.81. The van der Waals surface area contributed by atoms with Gasteiger partial charge in [0.05, 0.1) is 6.04 Å². The van der Waals surface area contributed by atoms with Gasteiger partial charge in [0.25, 0.3) is 0 Å². The number of nitrogens with one attached hydrogen (secondary N) is 1. The summed E-state index contributed by atoms with van der Waals surface area (Å²) in [6.45, 7) is 3.13. The first kappa shape index (κ1) is 15.8. The van der Waals surface area contributed by atoms with E-state index in [0.29, 0.717) is 0 Å². The molecule has 1 fully saturated rings. The molecule has 0 aromatic carbocycles. The van der Waals surface area contributed by atoms with Crippen LogP contribution in [0.1, 0.15) is 45.4 Å². The average molecular weight is 272 g/mol. The Morgan fingerprint density at radius 1 is 1.50 bits per heavy atom. The van der Waals surface area contributed by atoms with Crippen molar-refractivity contribution in [2.45, 2.75) is 51.5 Å². The third kappa shape index (κ3) is 6.10. The number of amides is 1. The Labute approximate surface area is 116 Å². The zero-order chi connectivity index (χ0) is 13.4. The largest absolute Gasteiger partial charge is 0.355 e. The van der Waals surface area contributed by atoms with E-state index >= 15 is 0 Å². The Bertz CT molecular complexity index is 248. The normalized spacial score (nSPS) is 25.7. The summed E-state index contributed by atoms with van der Waals surface area (Å²) in [6, 6.07) is -0.331. The van der Waals surface area contributed by atoms with E-state index in [1.165, 1.54) is 25.7 Å². The van der Waals surface area contributed by atoms with Crippen LogP contribution >= 0.6 is 11.8 Å². The lowest BCUT2D eigenvalue weighted by Crippen LogP contribution is -2.41. The van der Waals surface area contributed by atoms with E-state index in [-0.39, 0.29) is 11.9 Å². The number of thioether (sulfide) groups is 1. The van der Waals surface area contributed by atoms with Gasteiger partial charge in [-0.1, -0.05) is 26.2 Å². The van der Waals surface area contributed by atoms with Crippen LogP contribution in [0.2, 0.25) is 0 Å². The number of hydrogen-bond donors (Lipinski definition) is 2. The van der Waals surface area contributed by atoms with Crippen LogP contribution in [0.3, 0.4) is 0 Å². The van der Waals surface area contributed by atoms with Crippen molar-refractivity contribution in [3.8, 4) is 0 Å². The van der Waals surface area contributed by atoms with Gasteiger partial charge in [-0.05, 0) is 43.1 Å². The second-order valence-electron chi connectivity index (χ2n) is 5.61. The smallest absolute Gasteiger partial charge is 0.236 e. The van der Waals surface area contributed by atoms with Gasteiger partial charge in [-0.15, -0.1) is 0 Å². The molecule has 0 heterocycles. The molecule has 1 amide bonds. The number of rotatable bonds is 7. The van der Waals surface area contributed by atoms with Crippen molar-refractivity contribution >= 4 is 17.7 Å². The van der Waals surface area contributed by atoms with E-state index in [2.05, 4.69) is 12.2 Å². The predicted molar refractivity (Wildman–Crippen MR) is 79.7 cm³/mol. The van der Waals surface area contributed by atoms with E-state index in [1.807, 2.05) is 6.26 Å². The van der Waals surface area contributed by atoms with Crippen molar-refractivity contribution < 1.29 is 4.79 Å². The van der Waals surface area contributed by atoms with Gasteiger partial charge in [-0.2, -0.15) is 11.8 Å². The predicted octanol–water partition coefficient (Wildman–Crippen LogP) is 2.40. The fourth-order valence-electron chi connectivity index (χ4n) is 2.73. The van der Waals surface area contributed by atoms with Crippen molar-refractivity contribution in [1.29, 1.82) is 0 Å². The molecule has 106 valence electrons. The summed E-state index contributed by atoms with van der Waals surface area (Å²) < 4.78 is 0. The summed E-state index contributed by atoms with van der Waals surface area (Å²) in [5.41, 5.74) is 5.82. The van der Waals surface area contributed by atoms with E-state index in [4.69, 9.17) is 5.73 Å². The molecule has 0 aromatic rings. The van der Waals surface area contributed by atoms with Gasteiger partial charge in [0.2, 0.25) is 5.91 Å². The maximum atomic E-state index is 11.7. The molecule has 1 saturated carbocycles. The van der Waals surface area contributed by atoms with Gasteiger partial charge in [0.15, 0.2) is 0 Å². The molecule has 1 rings (SSSR count). The van der Waals surface area contributed by atoms with Crippen LogP contribution in [0.4, 0.5) is 0 Å². The van der Waals surface area contributed by atoms with Crippen LogP contribution in [0.5, 0.6) is 0 Å². The van der Waals surface area contributed by atoms with Crippen LogP contribution in [-0.4, -0.2) is 30.5 Å². The first-order chi connectivity index (χ1) is 8.63. The Hall–Kier alpha value is -0.220. The van der Waals surface area contributed by atoms with Crippen molar-refractivity contribution in [2.75, 3.05) is 18.6 Å². The molecule has 1 aliphatic carbocycles. The van der Waals surface area contributed by atoms with Gasteiger partial charge >= 0.3 is 0 Å². The highest BCUT2D eigenvalue weighted by Gasteiger charge is 2.19. The molecule has 0 spiro atoms. The zero-order valence-electron chi connectivity index (χ0n) is 11.8. The molecule has 0 saturated heterocycles. The summed E-state index contributed by atoms with van der Waals surface area (Å²) in [4.78, 5) is 11.7. The maximum absolute atomic E-state index is 11.7. The van der Waals surface area contributed by atoms with Crippen LogP contribution in [0.15, 0.2) is 0 Å². The first-order valence-electron chi connectivity index (χ1n) is 7.15. The summed E-state index contributed by atoms with van der Waals surface area (Å²) in [7, 11) is 0. The number of nitrogens with two attached hydrogens (primary N) is 1. The fourth-order valence-corrected chi connectivity index (χ4v) is 3.22. The topological polar surface area (TPSA) is 55.1 Å². The molecule has 4 heteroatoms. The molecule has 0 aromatic heterocycles. The van der Waals surface area contributed by atoms with Crippen molar-refractivity contribution in [3.05, 3.63) is 0 Å². The van der Waals surface area contributed by atoms with Crippen LogP contribution in [0, 0.1) is 11.8 Å². The number of hydrogen-bond acceptors (Lipinski definition) is 3. The Morgan fingerprint density at radius 2 is 2.28 bits per heavy atom. The molecule has 0 aliphatic heterocycles. The second kappa shape index (κ2) is 8.81. The minimum atomic E-state index is -0.331. The minimum absolute atomic E-state index is 0.0212. The molecule has 3 N–H and O–H groups in total. The van der Waals surface area contributed by atoms with Crippen LogP contribution in [-0.2, 0) is 4.79 Å². The standard InChI is InChI=1S/C14H28N2OS/c1-11-4-3-5-12(10-11)6-8-16-14(17)13(15)7-9-18-2/h11-13H,3-10,15H2,1-2H3,(H,16,17)/t11?,12?,13-/m0/s1. The molecule has 0 radical (unpaired) electrons. The van der Waals surface area contributed by atoms with E-state index in [1.54, 1.807) is 11.8 Å². The highest BCUT2D eigenvalue weighted by atomic mass is 32.2. The van der Waals surface area contributed by atoms with Crippen LogP contribution < -0.4 is 11.1 Å². The Kier molecular flexibility index (Phi) is 7.75. The molecule has 3 atom stereocenters. The summed E-state index contributed by atoms with van der Waals surface area (Å²) in [6.07, 6.45) is 9.32. The van der Waals surface area contributed by atoms with Crippen molar-refractivity contribution in [3.63, 3.8) is 0 Å². The van der Waals surface area contributed by atoms with E-state index in [0.717, 1.165) is 37.0 Å². The Morgan fingerprint density at radius 3 is 2.94 bits per heavy atom. The van der Waals surface area contributed by atoms with Gasteiger partial charge in [-0.25, -0.2) is 0 Å². The maximum Gasteiger partial charge on any atom is 0.236 e. The zero-order valence-corrected chi connectivity index (χ0v) is 12.6. The van der Waals surface area contributed by atoms with Gasteiger partial charge < -0.3 is 11.1 Å². The summed E-state index contributed by atoms with van der Waals surface area (Å²) >= 11 is 1.73. The Balaban J connectivity index is 2.11. The quantitative estimate of drug-likeness (QED) is 0.748. The van der Waals surface area contributed by atoms with E-state index in [9.17, 15) is 4.79 Å².